The highest BCUT2D eigenvalue weighted by Gasteiger charge is 2.20. The predicted octanol–water partition coefficient (Wildman–Crippen LogP) is 0.979. The second kappa shape index (κ2) is 5.89. The lowest BCUT2D eigenvalue weighted by atomic mass is 10.1. The first kappa shape index (κ1) is 14.6. The molecule has 0 bridgehead atoms. The van der Waals surface area contributed by atoms with Crippen molar-refractivity contribution in [1.82, 2.24) is 4.90 Å². The summed E-state index contributed by atoms with van der Waals surface area (Å²) < 4.78 is 17.7. The van der Waals surface area contributed by atoms with Crippen molar-refractivity contribution >= 4 is 17.6 Å². The number of hydrogen-bond donors (Lipinski definition) is 0. The van der Waals surface area contributed by atoms with Gasteiger partial charge in [0.25, 0.3) is 5.91 Å². The minimum Gasteiger partial charge on any atom is -0.468 e. The molecule has 0 fully saturated rings. The van der Waals surface area contributed by atoms with Gasteiger partial charge in [-0.3, -0.25) is 19.7 Å². The topological polar surface area (TPSA) is 89.8 Å². The van der Waals surface area contributed by atoms with Gasteiger partial charge in [0, 0.05) is 18.7 Å². The largest absolute Gasteiger partial charge is 0.468 e. The lowest BCUT2D eigenvalue weighted by molar-refractivity contribution is -0.387. The van der Waals surface area contributed by atoms with E-state index in [1.54, 1.807) is 0 Å². The van der Waals surface area contributed by atoms with Gasteiger partial charge >= 0.3 is 11.7 Å². The van der Waals surface area contributed by atoms with Crippen molar-refractivity contribution in [3.63, 3.8) is 0 Å². The summed E-state index contributed by atoms with van der Waals surface area (Å²) in [4.78, 5) is 33.4. The molecule has 0 aliphatic heterocycles. The van der Waals surface area contributed by atoms with E-state index in [4.69, 9.17) is 0 Å². The van der Waals surface area contributed by atoms with E-state index in [0.717, 1.165) is 23.1 Å². The number of halogens is 1. The number of esters is 1. The van der Waals surface area contributed by atoms with Gasteiger partial charge in [-0.05, 0) is 12.1 Å². The monoisotopic (exact) mass is 270 g/mol. The van der Waals surface area contributed by atoms with Crippen molar-refractivity contribution in [3.8, 4) is 0 Å². The zero-order valence-electron chi connectivity index (χ0n) is 10.3. The zero-order chi connectivity index (χ0) is 14.6. The average Bonchev–Trinajstić information content (AvgIpc) is 2.36. The number of rotatable bonds is 4. The number of likely N-dealkylation sites (N-methyl/N-ethyl adjacent to an activating group) is 1. The van der Waals surface area contributed by atoms with Crippen LogP contribution in [0, 0.1) is 15.9 Å². The number of methoxy groups -OCH3 is 1. The van der Waals surface area contributed by atoms with Gasteiger partial charge in [-0.1, -0.05) is 0 Å². The van der Waals surface area contributed by atoms with Crippen molar-refractivity contribution in [2.75, 3.05) is 20.7 Å². The van der Waals surface area contributed by atoms with Gasteiger partial charge in [-0.25, -0.2) is 0 Å². The minimum atomic E-state index is -1.11. The number of hydrogen-bond acceptors (Lipinski definition) is 5. The van der Waals surface area contributed by atoms with Gasteiger partial charge < -0.3 is 9.64 Å². The van der Waals surface area contributed by atoms with Crippen molar-refractivity contribution < 1.29 is 23.6 Å². The molecule has 0 saturated carbocycles. The van der Waals surface area contributed by atoms with E-state index in [-0.39, 0.29) is 12.1 Å². The molecule has 0 atom stereocenters. The Kier molecular flexibility index (Phi) is 4.51. The quantitative estimate of drug-likeness (QED) is 0.462. The van der Waals surface area contributed by atoms with E-state index in [1.165, 1.54) is 14.2 Å². The number of nitro benzene ring substituents is 1. The van der Waals surface area contributed by atoms with Crippen LogP contribution in [-0.4, -0.2) is 42.4 Å². The number of benzene rings is 1. The van der Waals surface area contributed by atoms with E-state index in [0.29, 0.717) is 0 Å². The predicted molar refractivity (Wildman–Crippen MR) is 62.0 cm³/mol. The third-order valence-electron chi connectivity index (χ3n) is 2.33. The highest BCUT2D eigenvalue weighted by Crippen LogP contribution is 2.18. The minimum absolute atomic E-state index is 0.0884. The number of ether oxygens (including phenoxy) is 1. The van der Waals surface area contributed by atoms with E-state index >= 15 is 0 Å². The molecule has 0 aliphatic carbocycles. The molecular formula is C11H11FN2O5. The average molecular weight is 270 g/mol. The van der Waals surface area contributed by atoms with E-state index < -0.39 is 28.3 Å². The van der Waals surface area contributed by atoms with Crippen LogP contribution in [0.5, 0.6) is 0 Å². The van der Waals surface area contributed by atoms with Gasteiger partial charge in [0.15, 0.2) is 0 Å². The van der Waals surface area contributed by atoms with E-state index in [1.807, 2.05) is 0 Å². The molecule has 7 nitrogen and oxygen atoms in total. The van der Waals surface area contributed by atoms with E-state index in [2.05, 4.69) is 4.74 Å². The Bertz CT molecular complexity index is 532. The van der Waals surface area contributed by atoms with Gasteiger partial charge in [0.05, 0.1) is 12.0 Å². The first-order valence-corrected chi connectivity index (χ1v) is 5.13. The number of amides is 1. The first-order chi connectivity index (χ1) is 8.86. The summed E-state index contributed by atoms with van der Waals surface area (Å²) in [5.41, 5.74) is -0.804. The van der Waals surface area contributed by atoms with Crippen molar-refractivity contribution in [3.05, 3.63) is 39.7 Å². The van der Waals surface area contributed by atoms with Crippen LogP contribution in [0.4, 0.5) is 10.1 Å². The fraction of sp³-hybridized carbons (Fsp3) is 0.273. The summed E-state index contributed by atoms with van der Waals surface area (Å²) >= 11 is 0. The number of carbonyl (C=O) groups is 2. The highest BCUT2D eigenvalue weighted by atomic mass is 19.1. The summed E-state index contributed by atoms with van der Waals surface area (Å²) in [5, 5.41) is 10.4. The number of carbonyl (C=O) groups excluding carboxylic acids is 2. The molecule has 1 amide bonds. The van der Waals surface area contributed by atoms with Crippen LogP contribution in [0.2, 0.25) is 0 Å². The fourth-order valence-corrected chi connectivity index (χ4v) is 1.34. The summed E-state index contributed by atoms with van der Waals surface area (Å²) in [6.07, 6.45) is 0. The molecule has 1 aromatic rings. The van der Waals surface area contributed by atoms with Gasteiger partial charge in [0.2, 0.25) is 5.82 Å². The molecule has 0 aliphatic rings. The van der Waals surface area contributed by atoms with Gasteiger partial charge in [0.1, 0.15) is 6.54 Å². The Morgan fingerprint density at radius 2 is 2.11 bits per heavy atom. The lowest BCUT2D eigenvalue weighted by Gasteiger charge is -2.15. The molecular weight excluding hydrogens is 259 g/mol. The molecule has 0 aromatic heterocycles. The van der Waals surface area contributed by atoms with Gasteiger partial charge in [-0.2, -0.15) is 4.39 Å². The van der Waals surface area contributed by atoms with Crippen LogP contribution in [0.1, 0.15) is 10.4 Å². The van der Waals surface area contributed by atoms with Crippen LogP contribution in [0.25, 0.3) is 0 Å². The van der Waals surface area contributed by atoms with Crippen molar-refractivity contribution in [2.24, 2.45) is 0 Å². The molecule has 102 valence electrons. The standard InChI is InChI=1S/C11H11FN2O5/c1-13(6-10(15)19-2)11(16)7-3-4-9(14(17)18)8(12)5-7/h3-5H,6H2,1-2H3. The highest BCUT2D eigenvalue weighted by molar-refractivity contribution is 5.96. The Morgan fingerprint density at radius 1 is 1.47 bits per heavy atom. The third-order valence-corrected chi connectivity index (χ3v) is 2.33. The first-order valence-electron chi connectivity index (χ1n) is 5.13. The maximum Gasteiger partial charge on any atom is 0.325 e. The molecule has 0 saturated heterocycles. The van der Waals surface area contributed by atoms with Crippen LogP contribution >= 0.6 is 0 Å². The fourth-order valence-electron chi connectivity index (χ4n) is 1.34. The molecule has 1 rings (SSSR count). The van der Waals surface area contributed by atoms with Crippen LogP contribution in [0.15, 0.2) is 18.2 Å². The molecule has 0 heterocycles. The SMILES string of the molecule is COC(=O)CN(C)C(=O)c1ccc([N+](=O)[O-])c(F)c1. The second-order valence-corrected chi connectivity index (χ2v) is 3.66. The summed E-state index contributed by atoms with van der Waals surface area (Å²) in [5.74, 6) is -2.38. The molecule has 0 radical (unpaired) electrons. The van der Waals surface area contributed by atoms with Gasteiger partial charge in [-0.15, -0.1) is 0 Å². The van der Waals surface area contributed by atoms with Crippen LogP contribution in [0.3, 0.4) is 0 Å². The Balaban J connectivity index is 2.92. The molecule has 0 N–H and O–H groups in total. The molecule has 19 heavy (non-hydrogen) atoms. The lowest BCUT2D eigenvalue weighted by Crippen LogP contribution is -2.32. The Hall–Kier alpha value is -2.51. The molecule has 1 aromatic carbocycles. The zero-order valence-corrected chi connectivity index (χ0v) is 10.3. The smallest absolute Gasteiger partial charge is 0.325 e. The molecule has 0 spiro atoms. The third kappa shape index (κ3) is 3.47. The summed E-state index contributed by atoms with van der Waals surface area (Å²) in [7, 11) is 2.50. The Labute approximate surface area is 107 Å². The van der Waals surface area contributed by atoms with Crippen LogP contribution < -0.4 is 0 Å². The second-order valence-electron chi connectivity index (χ2n) is 3.66. The number of nitrogens with zero attached hydrogens (tertiary/aromatic N) is 2. The maximum atomic E-state index is 13.3. The van der Waals surface area contributed by atoms with Crippen molar-refractivity contribution in [1.29, 1.82) is 0 Å². The normalized spacial score (nSPS) is 9.84. The maximum absolute atomic E-state index is 13.3. The van der Waals surface area contributed by atoms with Crippen LogP contribution in [-0.2, 0) is 9.53 Å². The molecule has 0 unspecified atom stereocenters. The summed E-state index contributed by atoms with van der Waals surface area (Å²) in [6.45, 7) is -0.298. The summed E-state index contributed by atoms with van der Waals surface area (Å²) in [6, 6.07) is 2.78. The number of nitro groups is 1. The van der Waals surface area contributed by atoms with E-state index in [9.17, 15) is 24.1 Å². The van der Waals surface area contributed by atoms with Crippen molar-refractivity contribution in [2.45, 2.75) is 0 Å². The Morgan fingerprint density at radius 3 is 2.58 bits per heavy atom. The molecule has 8 heteroatoms.